The molecule has 25 heavy (non-hydrogen) atoms. The van der Waals surface area contributed by atoms with Crippen molar-refractivity contribution in [1.29, 1.82) is 0 Å². The quantitative estimate of drug-likeness (QED) is 0.432. The Bertz CT molecular complexity index is 594. The third-order valence-electron chi connectivity index (χ3n) is 2.93. The maximum absolute atomic E-state index is 11.8. The Hall–Kier alpha value is -2.77. The predicted octanol–water partition coefficient (Wildman–Crippen LogP) is 1.03. The second-order valence-electron chi connectivity index (χ2n) is 6.41. The molecule has 0 bridgehead atoms. The highest BCUT2D eigenvalue weighted by Crippen LogP contribution is 2.06. The summed E-state index contributed by atoms with van der Waals surface area (Å²) in [5.74, 6) is -0.460. The first-order valence-corrected chi connectivity index (χ1v) is 8.04. The number of rotatable bonds is 7. The van der Waals surface area contributed by atoms with E-state index in [1.165, 1.54) is 0 Å². The molecule has 0 unspecified atom stereocenters. The SMILES string of the molecule is CC(C)(C)OC(=O)NCCC(=O)NCCNC(=O)c1ccc(N)cc1. The molecule has 1 rings (SSSR count). The van der Waals surface area contributed by atoms with Crippen LogP contribution in [0.1, 0.15) is 37.6 Å². The average Bonchev–Trinajstić information content (AvgIpc) is 2.50. The Morgan fingerprint density at radius 2 is 1.56 bits per heavy atom. The number of carbonyl (C=O) groups excluding carboxylic acids is 3. The highest BCUT2D eigenvalue weighted by Gasteiger charge is 2.15. The van der Waals surface area contributed by atoms with Gasteiger partial charge in [-0.05, 0) is 45.0 Å². The lowest BCUT2D eigenvalue weighted by Crippen LogP contribution is -2.37. The maximum atomic E-state index is 11.8. The van der Waals surface area contributed by atoms with Crippen LogP contribution in [0.4, 0.5) is 10.5 Å². The van der Waals surface area contributed by atoms with E-state index in [-0.39, 0.29) is 24.8 Å². The molecule has 0 aliphatic heterocycles. The van der Waals surface area contributed by atoms with E-state index in [0.717, 1.165) is 0 Å². The van der Waals surface area contributed by atoms with Crippen LogP contribution in [0.3, 0.4) is 0 Å². The Kier molecular flexibility index (Phi) is 7.71. The highest BCUT2D eigenvalue weighted by molar-refractivity contribution is 5.94. The van der Waals surface area contributed by atoms with Gasteiger partial charge in [0.2, 0.25) is 5.91 Å². The monoisotopic (exact) mass is 350 g/mol. The molecule has 1 aromatic carbocycles. The molecular weight excluding hydrogens is 324 g/mol. The zero-order valence-electron chi connectivity index (χ0n) is 14.8. The Morgan fingerprint density at radius 3 is 2.16 bits per heavy atom. The van der Waals surface area contributed by atoms with E-state index >= 15 is 0 Å². The average molecular weight is 350 g/mol. The topological polar surface area (TPSA) is 123 Å². The number of nitrogen functional groups attached to an aromatic ring is 1. The van der Waals surface area contributed by atoms with Crippen molar-refractivity contribution in [1.82, 2.24) is 16.0 Å². The van der Waals surface area contributed by atoms with E-state index in [1.807, 2.05) is 0 Å². The summed E-state index contributed by atoms with van der Waals surface area (Å²) in [6.07, 6.45) is -0.429. The van der Waals surface area contributed by atoms with Gasteiger partial charge in [-0.15, -0.1) is 0 Å². The molecule has 3 amide bonds. The van der Waals surface area contributed by atoms with E-state index in [1.54, 1.807) is 45.0 Å². The van der Waals surface area contributed by atoms with E-state index in [4.69, 9.17) is 10.5 Å². The Morgan fingerprint density at radius 1 is 0.960 bits per heavy atom. The summed E-state index contributed by atoms with van der Waals surface area (Å²) >= 11 is 0. The van der Waals surface area contributed by atoms with Crippen molar-refractivity contribution in [3.63, 3.8) is 0 Å². The van der Waals surface area contributed by atoms with E-state index in [0.29, 0.717) is 24.3 Å². The minimum Gasteiger partial charge on any atom is -0.444 e. The van der Waals surface area contributed by atoms with Gasteiger partial charge in [0, 0.05) is 37.3 Å². The summed E-state index contributed by atoms with van der Waals surface area (Å²) in [5, 5.41) is 7.85. The van der Waals surface area contributed by atoms with Crippen molar-refractivity contribution in [3.8, 4) is 0 Å². The number of nitrogens with one attached hydrogen (secondary N) is 3. The van der Waals surface area contributed by atoms with Gasteiger partial charge >= 0.3 is 6.09 Å². The summed E-state index contributed by atoms with van der Waals surface area (Å²) in [6, 6.07) is 6.56. The van der Waals surface area contributed by atoms with Crippen LogP contribution in [-0.2, 0) is 9.53 Å². The van der Waals surface area contributed by atoms with Crippen molar-refractivity contribution in [3.05, 3.63) is 29.8 Å². The summed E-state index contributed by atoms with van der Waals surface area (Å²) in [5.41, 5.74) is 6.07. The van der Waals surface area contributed by atoms with Gasteiger partial charge in [-0.1, -0.05) is 0 Å². The van der Waals surface area contributed by atoms with E-state index in [2.05, 4.69) is 16.0 Å². The molecule has 0 radical (unpaired) electrons. The number of hydrogen-bond donors (Lipinski definition) is 4. The summed E-state index contributed by atoms with van der Waals surface area (Å²) < 4.78 is 5.06. The first kappa shape index (κ1) is 20.3. The van der Waals surface area contributed by atoms with Crippen LogP contribution >= 0.6 is 0 Å². The molecule has 5 N–H and O–H groups in total. The lowest BCUT2D eigenvalue weighted by Gasteiger charge is -2.19. The maximum Gasteiger partial charge on any atom is 0.407 e. The number of amides is 3. The van der Waals surface area contributed by atoms with Gasteiger partial charge in [-0.2, -0.15) is 0 Å². The number of benzene rings is 1. The fraction of sp³-hybridized carbons (Fsp3) is 0.471. The second kappa shape index (κ2) is 9.51. The number of hydrogen-bond acceptors (Lipinski definition) is 5. The van der Waals surface area contributed by atoms with Gasteiger partial charge in [0.1, 0.15) is 5.60 Å². The second-order valence-corrected chi connectivity index (χ2v) is 6.41. The van der Waals surface area contributed by atoms with Gasteiger partial charge in [-0.3, -0.25) is 9.59 Å². The van der Waals surface area contributed by atoms with Gasteiger partial charge in [0.05, 0.1) is 0 Å². The molecule has 8 heteroatoms. The normalized spacial score (nSPS) is 10.7. The third kappa shape index (κ3) is 9.19. The van der Waals surface area contributed by atoms with Crippen LogP contribution in [-0.4, -0.2) is 43.1 Å². The molecule has 0 fully saturated rings. The molecule has 0 aliphatic rings. The van der Waals surface area contributed by atoms with Crippen LogP contribution in [0.5, 0.6) is 0 Å². The molecule has 1 aromatic rings. The van der Waals surface area contributed by atoms with Crippen LogP contribution < -0.4 is 21.7 Å². The van der Waals surface area contributed by atoms with Crippen molar-refractivity contribution in [2.45, 2.75) is 32.8 Å². The largest absolute Gasteiger partial charge is 0.444 e. The minimum atomic E-state index is -0.574. The van der Waals surface area contributed by atoms with Gasteiger partial charge in [0.25, 0.3) is 5.91 Å². The van der Waals surface area contributed by atoms with E-state index < -0.39 is 11.7 Å². The smallest absolute Gasteiger partial charge is 0.407 e. The van der Waals surface area contributed by atoms with Gasteiger partial charge in [0.15, 0.2) is 0 Å². The molecule has 0 spiro atoms. The number of carbonyl (C=O) groups is 3. The lowest BCUT2D eigenvalue weighted by molar-refractivity contribution is -0.120. The summed E-state index contributed by atoms with van der Waals surface area (Å²) in [4.78, 5) is 34.9. The molecule has 138 valence electrons. The number of ether oxygens (including phenoxy) is 1. The molecule has 0 saturated heterocycles. The lowest BCUT2D eigenvalue weighted by atomic mass is 10.2. The van der Waals surface area contributed by atoms with Crippen LogP contribution in [0.2, 0.25) is 0 Å². The predicted molar refractivity (Wildman–Crippen MR) is 95.1 cm³/mol. The molecule has 8 nitrogen and oxygen atoms in total. The standard InChI is InChI=1S/C17H26N4O4/c1-17(2,3)25-16(24)21-9-8-14(22)19-10-11-20-15(23)12-4-6-13(18)7-5-12/h4-7H,8-11,18H2,1-3H3,(H,19,22)(H,20,23)(H,21,24). The van der Waals surface area contributed by atoms with Crippen molar-refractivity contribution in [2.75, 3.05) is 25.4 Å². The summed E-state index contributed by atoms with van der Waals surface area (Å²) in [7, 11) is 0. The van der Waals surface area contributed by atoms with Gasteiger partial charge in [-0.25, -0.2) is 4.79 Å². The van der Waals surface area contributed by atoms with Crippen LogP contribution in [0.25, 0.3) is 0 Å². The molecule has 0 aliphatic carbocycles. The van der Waals surface area contributed by atoms with Crippen LogP contribution in [0, 0.1) is 0 Å². The molecular formula is C17H26N4O4. The van der Waals surface area contributed by atoms with Crippen molar-refractivity contribution in [2.24, 2.45) is 0 Å². The highest BCUT2D eigenvalue weighted by atomic mass is 16.6. The molecule has 0 saturated carbocycles. The number of nitrogens with two attached hydrogens (primary N) is 1. The van der Waals surface area contributed by atoms with Crippen molar-refractivity contribution >= 4 is 23.6 Å². The Balaban J connectivity index is 2.13. The number of anilines is 1. The zero-order chi connectivity index (χ0) is 18.9. The van der Waals surface area contributed by atoms with Crippen molar-refractivity contribution < 1.29 is 19.1 Å². The third-order valence-corrected chi connectivity index (χ3v) is 2.93. The molecule has 0 heterocycles. The molecule has 0 aromatic heterocycles. The summed E-state index contributed by atoms with van der Waals surface area (Å²) in [6.45, 7) is 6.06. The zero-order valence-corrected chi connectivity index (χ0v) is 14.8. The van der Waals surface area contributed by atoms with E-state index in [9.17, 15) is 14.4 Å². The minimum absolute atomic E-state index is 0.130. The Labute approximate surface area is 147 Å². The van der Waals surface area contributed by atoms with Gasteiger partial charge < -0.3 is 26.4 Å². The number of alkyl carbamates (subject to hydrolysis) is 1. The first-order chi connectivity index (χ1) is 11.7. The fourth-order valence-electron chi connectivity index (χ4n) is 1.80. The fourth-order valence-corrected chi connectivity index (χ4v) is 1.80. The van der Waals surface area contributed by atoms with Crippen LogP contribution in [0.15, 0.2) is 24.3 Å². The molecule has 0 atom stereocenters. The first-order valence-electron chi connectivity index (χ1n) is 8.04.